The van der Waals surface area contributed by atoms with Crippen LogP contribution < -0.4 is 0 Å². The van der Waals surface area contributed by atoms with Crippen LogP contribution in [0, 0.1) is 50.7 Å². The summed E-state index contributed by atoms with van der Waals surface area (Å²) in [4.78, 5) is 11.9. The van der Waals surface area contributed by atoms with Crippen molar-refractivity contribution in [3.8, 4) is 0 Å². The fourth-order valence-electron chi connectivity index (χ4n) is 12.0. The van der Waals surface area contributed by atoms with E-state index in [-0.39, 0.29) is 12.1 Å². The van der Waals surface area contributed by atoms with Crippen molar-refractivity contribution in [1.29, 1.82) is 0 Å². The fraction of sp³-hybridized carbons (Fsp3) is 0.903. The van der Waals surface area contributed by atoms with Gasteiger partial charge in [-0.2, -0.15) is 0 Å². The van der Waals surface area contributed by atoms with E-state index in [0.29, 0.717) is 39.1 Å². The highest BCUT2D eigenvalue weighted by Gasteiger charge is 2.82. The van der Waals surface area contributed by atoms with Crippen LogP contribution in [0.5, 0.6) is 0 Å². The van der Waals surface area contributed by atoms with Gasteiger partial charge in [-0.3, -0.25) is 0 Å². The van der Waals surface area contributed by atoms with Crippen LogP contribution in [0.25, 0.3) is 0 Å². The Hall–Kier alpha value is -0.830. The van der Waals surface area contributed by atoms with Crippen LogP contribution in [0.15, 0.2) is 11.6 Å². The highest BCUT2D eigenvalue weighted by atomic mass is 16.5. The summed E-state index contributed by atoms with van der Waals surface area (Å²) in [6.45, 7) is 14.8. The van der Waals surface area contributed by atoms with E-state index in [1.807, 2.05) is 14.0 Å². The van der Waals surface area contributed by atoms with Gasteiger partial charge in [-0.25, -0.2) is 4.79 Å². The Balaban J connectivity index is 1.25. The molecule has 6 aliphatic rings. The standard InChI is InChI=1S/C31H48O3/c1-19(16-21-17-20(2)26(32)34-21)22-10-12-29(6)24-9-8-23-27(3,4)25(33-7)11-13-30(23)18-31(24,30)15-14-28(22,29)5/h17,19,21-25H,8-16,18H2,1-7H3/t19-,21-,22-,23+,24+,25-,28-,29+,30-,31+/m1/s1. The molecule has 190 valence electrons. The number of hydrogen-bond acceptors (Lipinski definition) is 3. The Kier molecular flexibility index (Phi) is 4.95. The second-order valence-corrected chi connectivity index (χ2v) is 14.7. The average molecular weight is 469 g/mol. The zero-order valence-corrected chi connectivity index (χ0v) is 22.8. The van der Waals surface area contributed by atoms with E-state index in [1.165, 1.54) is 57.8 Å². The van der Waals surface area contributed by atoms with Crippen LogP contribution in [0.4, 0.5) is 0 Å². The van der Waals surface area contributed by atoms with Gasteiger partial charge in [-0.05, 0) is 128 Å². The number of ether oxygens (including phenoxy) is 2. The number of rotatable bonds is 4. The summed E-state index contributed by atoms with van der Waals surface area (Å²) in [6, 6.07) is 0. The lowest BCUT2D eigenvalue weighted by molar-refractivity contribution is -0.167. The van der Waals surface area contributed by atoms with E-state index in [9.17, 15) is 4.79 Å². The molecule has 10 atom stereocenters. The van der Waals surface area contributed by atoms with E-state index in [4.69, 9.17) is 9.47 Å². The Morgan fingerprint density at radius 1 is 0.971 bits per heavy atom. The molecule has 0 radical (unpaired) electrons. The molecule has 0 saturated heterocycles. The maximum atomic E-state index is 11.9. The van der Waals surface area contributed by atoms with Gasteiger partial charge in [-0.1, -0.05) is 34.6 Å². The molecule has 5 saturated carbocycles. The van der Waals surface area contributed by atoms with Crippen LogP contribution >= 0.6 is 0 Å². The van der Waals surface area contributed by atoms with Gasteiger partial charge in [0.05, 0.1) is 6.10 Å². The van der Waals surface area contributed by atoms with Gasteiger partial charge in [0.25, 0.3) is 0 Å². The monoisotopic (exact) mass is 468 g/mol. The molecule has 3 heteroatoms. The van der Waals surface area contributed by atoms with Crippen LogP contribution in [-0.4, -0.2) is 25.3 Å². The van der Waals surface area contributed by atoms with Crippen molar-refractivity contribution in [2.75, 3.05) is 7.11 Å². The number of carbonyl (C=O) groups is 1. The first-order chi connectivity index (χ1) is 15.9. The largest absolute Gasteiger partial charge is 0.455 e. The summed E-state index contributed by atoms with van der Waals surface area (Å²) < 4.78 is 11.7. The number of carbonyl (C=O) groups excluding carboxylic acids is 1. The van der Waals surface area contributed by atoms with Gasteiger partial charge in [0.2, 0.25) is 0 Å². The van der Waals surface area contributed by atoms with Crippen LogP contribution in [0.2, 0.25) is 0 Å². The van der Waals surface area contributed by atoms with E-state index >= 15 is 0 Å². The lowest BCUT2D eigenvalue weighted by Gasteiger charge is -2.63. The molecular weight excluding hydrogens is 420 g/mol. The van der Waals surface area contributed by atoms with Crippen molar-refractivity contribution in [2.45, 2.75) is 118 Å². The predicted molar refractivity (Wildman–Crippen MR) is 135 cm³/mol. The van der Waals surface area contributed by atoms with Gasteiger partial charge in [0, 0.05) is 12.7 Å². The van der Waals surface area contributed by atoms with E-state index in [0.717, 1.165) is 29.7 Å². The van der Waals surface area contributed by atoms with Gasteiger partial charge in [-0.15, -0.1) is 0 Å². The smallest absolute Gasteiger partial charge is 0.334 e. The lowest BCUT2D eigenvalue weighted by atomic mass is 9.41. The minimum absolute atomic E-state index is 0.00627. The molecule has 2 spiro atoms. The second-order valence-electron chi connectivity index (χ2n) is 14.7. The maximum Gasteiger partial charge on any atom is 0.334 e. The SMILES string of the molecule is CO[C@@H]1CC[C@]23C[C@]24CC[C@]2(C)[C@@H]([C@H](C)C[C@@H]5C=C(C)C(=O)O5)CC[C@@]2(C)[C@@H]4CC[C@H]3C1(C)C. The molecule has 0 aromatic rings. The third-order valence-corrected chi connectivity index (χ3v) is 13.7. The third-order valence-electron chi connectivity index (χ3n) is 13.7. The van der Waals surface area contributed by atoms with E-state index in [2.05, 4.69) is 40.7 Å². The summed E-state index contributed by atoms with van der Waals surface area (Å²) >= 11 is 0. The van der Waals surface area contributed by atoms with Crippen molar-refractivity contribution >= 4 is 5.97 Å². The molecule has 6 rings (SSSR count). The molecule has 0 aromatic heterocycles. The number of fused-ring (bicyclic) bond motifs is 2. The molecule has 34 heavy (non-hydrogen) atoms. The maximum absolute atomic E-state index is 11.9. The Labute approximate surface area is 207 Å². The minimum atomic E-state index is -0.110. The zero-order valence-electron chi connectivity index (χ0n) is 22.8. The van der Waals surface area contributed by atoms with Gasteiger partial charge in [0.1, 0.15) is 6.10 Å². The van der Waals surface area contributed by atoms with Crippen molar-refractivity contribution in [3.05, 3.63) is 11.6 Å². The zero-order chi connectivity index (χ0) is 24.3. The number of methoxy groups -OCH3 is 1. The molecule has 5 aliphatic carbocycles. The highest BCUT2D eigenvalue weighted by molar-refractivity contribution is 5.90. The summed E-state index contributed by atoms with van der Waals surface area (Å²) in [5, 5.41) is 0. The first-order valence-corrected chi connectivity index (χ1v) is 14.4. The van der Waals surface area contributed by atoms with E-state index < -0.39 is 0 Å². The average Bonchev–Trinajstić information content (AvgIpc) is 3.21. The normalized spacial score (nSPS) is 53.7. The highest BCUT2D eigenvalue weighted by Crippen LogP contribution is 2.89. The summed E-state index contributed by atoms with van der Waals surface area (Å²) in [5.74, 6) is 2.97. The topological polar surface area (TPSA) is 35.5 Å². The molecule has 3 nitrogen and oxygen atoms in total. The molecule has 0 unspecified atom stereocenters. The molecule has 0 aromatic carbocycles. The third kappa shape index (κ3) is 2.67. The second kappa shape index (κ2) is 7.14. The molecule has 1 aliphatic heterocycles. The molecule has 1 heterocycles. The van der Waals surface area contributed by atoms with Gasteiger partial charge in [0.15, 0.2) is 0 Å². The molecular formula is C31H48O3. The lowest BCUT2D eigenvalue weighted by Crippen LogP contribution is -2.57. The summed E-state index contributed by atoms with van der Waals surface area (Å²) in [5.41, 5.74) is 3.18. The van der Waals surface area contributed by atoms with Crippen LogP contribution in [0.3, 0.4) is 0 Å². The first-order valence-electron chi connectivity index (χ1n) is 14.4. The molecule has 0 N–H and O–H groups in total. The Bertz CT molecular complexity index is 920. The van der Waals surface area contributed by atoms with Gasteiger partial charge < -0.3 is 9.47 Å². The van der Waals surface area contributed by atoms with Gasteiger partial charge >= 0.3 is 5.97 Å². The number of cyclic esters (lactones) is 1. The fourth-order valence-corrected chi connectivity index (χ4v) is 12.0. The minimum Gasteiger partial charge on any atom is -0.455 e. The van der Waals surface area contributed by atoms with Crippen molar-refractivity contribution < 1.29 is 14.3 Å². The molecule has 0 bridgehead atoms. The van der Waals surface area contributed by atoms with Crippen molar-refractivity contribution in [2.24, 2.45) is 50.7 Å². The number of esters is 1. The Morgan fingerprint density at radius 3 is 2.35 bits per heavy atom. The Morgan fingerprint density at radius 2 is 1.68 bits per heavy atom. The molecule has 0 amide bonds. The van der Waals surface area contributed by atoms with E-state index in [1.54, 1.807) is 0 Å². The predicted octanol–water partition coefficient (Wildman–Crippen LogP) is 7.34. The first kappa shape index (κ1) is 23.6. The molecule has 5 fully saturated rings. The van der Waals surface area contributed by atoms with Crippen LogP contribution in [-0.2, 0) is 14.3 Å². The van der Waals surface area contributed by atoms with Crippen LogP contribution in [0.1, 0.15) is 106 Å². The van der Waals surface area contributed by atoms with Crippen molar-refractivity contribution in [3.63, 3.8) is 0 Å². The quantitative estimate of drug-likeness (QED) is 0.405. The number of hydrogen-bond donors (Lipinski definition) is 0. The van der Waals surface area contributed by atoms with Crippen molar-refractivity contribution in [1.82, 2.24) is 0 Å². The summed E-state index contributed by atoms with van der Waals surface area (Å²) in [7, 11) is 1.94. The summed E-state index contributed by atoms with van der Waals surface area (Å²) in [6.07, 6.45) is 16.1.